The van der Waals surface area contributed by atoms with E-state index in [1.165, 1.54) is 6.42 Å². The van der Waals surface area contributed by atoms with Crippen LogP contribution >= 0.6 is 0 Å². The second kappa shape index (κ2) is 5.20. The molecule has 5 nitrogen and oxygen atoms in total. The van der Waals surface area contributed by atoms with Gasteiger partial charge in [0.2, 0.25) is 0 Å². The van der Waals surface area contributed by atoms with Crippen molar-refractivity contribution in [2.45, 2.75) is 49.3 Å². The third-order valence-electron chi connectivity index (χ3n) is 4.18. The van der Waals surface area contributed by atoms with E-state index in [0.29, 0.717) is 0 Å². The van der Waals surface area contributed by atoms with E-state index in [-0.39, 0.29) is 31.5 Å². The lowest BCUT2D eigenvalue weighted by Gasteiger charge is -2.49. The highest BCUT2D eigenvalue weighted by Gasteiger charge is 2.44. The van der Waals surface area contributed by atoms with Crippen LogP contribution in [-0.4, -0.2) is 58.9 Å². The molecule has 0 aromatic heterocycles. The zero-order chi connectivity index (χ0) is 12.4. The molecule has 0 aromatic carbocycles. The molecule has 1 spiro atoms. The maximum Gasteiger partial charge on any atom is 0.0883 e. The zero-order valence-electron chi connectivity index (χ0n) is 10.2. The Morgan fingerprint density at radius 3 is 2.29 bits per heavy atom. The van der Waals surface area contributed by atoms with Gasteiger partial charge in [0.1, 0.15) is 0 Å². The molecule has 2 fully saturated rings. The molecule has 5 heteroatoms. The van der Waals surface area contributed by atoms with E-state index < -0.39 is 5.54 Å². The van der Waals surface area contributed by atoms with Crippen LogP contribution in [0.3, 0.4) is 0 Å². The molecule has 0 aromatic rings. The van der Waals surface area contributed by atoms with E-state index in [4.69, 9.17) is 4.74 Å². The van der Waals surface area contributed by atoms with E-state index in [0.717, 1.165) is 32.3 Å². The van der Waals surface area contributed by atoms with Gasteiger partial charge in [-0.1, -0.05) is 0 Å². The Morgan fingerprint density at radius 2 is 1.82 bits per heavy atom. The van der Waals surface area contributed by atoms with Crippen molar-refractivity contribution < 1.29 is 20.1 Å². The standard InChI is InChI=1S/C12H23NO4/c14-7-11(8-15,9-16)13-10-2-5-17-12(6-10)3-1-4-12/h10,13-16H,1-9H2. The summed E-state index contributed by atoms with van der Waals surface area (Å²) in [4.78, 5) is 0. The quantitative estimate of drug-likeness (QED) is 0.520. The largest absolute Gasteiger partial charge is 0.394 e. The molecule has 17 heavy (non-hydrogen) atoms. The van der Waals surface area contributed by atoms with Gasteiger partial charge in [0.15, 0.2) is 0 Å². The summed E-state index contributed by atoms with van der Waals surface area (Å²) in [5.74, 6) is 0. The highest BCUT2D eigenvalue weighted by Crippen LogP contribution is 2.42. The van der Waals surface area contributed by atoms with Gasteiger partial charge >= 0.3 is 0 Å². The minimum atomic E-state index is -0.965. The Hall–Kier alpha value is -0.200. The van der Waals surface area contributed by atoms with Crippen molar-refractivity contribution in [3.63, 3.8) is 0 Å². The average Bonchev–Trinajstić information content (AvgIpc) is 2.35. The summed E-state index contributed by atoms with van der Waals surface area (Å²) < 4.78 is 5.82. The predicted molar refractivity (Wildman–Crippen MR) is 62.7 cm³/mol. The van der Waals surface area contributed by atoms with Crippen molar-refractivity contribution in [2.75, 3.05) is 26.4 Å². The first-order valence-corrected chi connectivity index (χ1v) is 6.42. The highest BCUT2D eigenvalue weighted by atomic mass is 16.5. The van der Waals surface area contributed by atoms with Crippen molar-refractivity contribution in [3.05, 3.63) is 0 Å². The third kappa shape index (κ3) is 2.63. The number of aliphatic hydroxyl groups is 3. The molecule has 0 amide bonds. The molecule has 1 aliphatic carbocycles. The summed E-state index contributed by atoms with van der Waals surface area (Å²) in [5, 5.41) is 31.1. The summed E-state index contributed by atoms with van der Waals surface area (Å²) in [7, 11) is 0. The zero-order valence-corrected chi connectivity index (χ0v) is 10.2. The van der Waals surface area contributed by atoms with Crippen LogP contribution < -0.4 is 5.32 Å². The molecular weight excluding hydrogens is 222 g/mol. The predicted octanol–water partition coefficient (Wildman–Crippen LogP) is -0.607. The van der Waals surface area contributed by atoms with Crippen LogP contribution in [0, 0.1) is 0 Å². The SMILES string of the molecule is OCC(CO)(CO)NC1CCOC2(CCC2)C1. The molecule has 0 radical (unpaired) electrons. The molecule has 0 bridgehead atoms. The molecule has 1 heterocycles. The molecule has 1 saturated carbocycles. The Labute approximate surface area is 102 Å². The van der Waals surface area contributed by atoms with Gasteiger partial charge in [-0.2, -0.15) is 0 Å². The number of ether oxygens (including phenoxy) is 1. The molecule has 4 N–H and O–H groups in total. The third-order valence-corrected chi connectivity index (χ3v) is 4.18. The maximum atomic E-state index is 9.29. The van der Waals surface area contributed by atoms with Gasteiger partial charge in [-0.05, 0) is 32.1 Å². The molecule has 2 aliphatic rings. The Balaban J connectivity index is 1.93. The van der Waals surface area contributed by atoms with Crippen LogP contribution in [0.5, 0.6) is 0 Å². The summed E-state index contributed by atoms with van der Waals surface area (Å²) in [6.45, 7) is -0.0604. The highest BCUT2D eigenvalue weighted by molar-refractivity contribution is 4.99. The van der Waals surface area contributed by atoms with Gasteiger partial charge < -0.3 is 25.4 Å². The molecule has 2 rings (SSSR count). The summed E-state index contributed by atoms with van der Waals surface area (Å²) in [6.07, 6.45) is 5.21. The number of rotatable bonds is 5. The Bertz CT molecular complexity index is 243. The van der Waals surface area contributed by atoms with E-state index in [9.17, 15) is 15.3 Å². The van der Waals surface area contributed by atoms with Crippen LogP contribution in [0.2, 0.25) is 0 Å². The van der Waals surface area contributed by atoms with Gasteiger partial charge in [0, 0.05) is 12.6 Å². The molecule has 1 saturated heterocycles. The molecule has 100 valence electrons. The topological polar surface area (TPSA) is 82.0 Å². The maximum absolute atomic E-state index is 9.29. The molecule has 1 atom stereocenters. The average molecular weight is 245 g/mol. The van der Waals surface area contributed by atoms with Crippen LogP contribution in [0.4, 0.5) is 0 Å². The number of hydrogen-bond acceptors (Lipinski definition) is 5. The molecule has 1 unspecified atom stereocenters. The van der Waals surface area contributed by atoms with E-state index >= 15 is 0 Å². The first-order valence-electron chi connectivity index (χ1n) is 6.42. The number of nitrogens with one attached hydrogen (secondary N) is 1. The number of hydrogen-bond donors (Lipinski definition) is 4. The molecular formula is C12H23NO4. The van der Waals surface area contributed by atoms with Gasteiger partial charge in [0.25, 0.3) is 0 Å². The lowest BCUT2D eigenvalue weighted by atomic mass is 9.73. The lowest BCUT2D eigenvalue weighted by molar-refractivity contribution is -0.140. The van der Waals surface area contributed by atoms with Gasteiger partial charge in [-0.3, -0.25) is 0 Å². The second-order valence-corrected chi connectivity index (χ2v) is 5.47. The van der Waals surface area contributed by atoms with Crippen molar-refractivity contribution >= 4 is 0 Å². The Kier molecular flexibility index (Phi) is 4.05. The van der Waals surface area contributed by atoms with Gasteiger partial charge in [-0.15, -0.1) is 0 Å². The molecule has 1 aliphatic heterocycles. The van der Waals surface area contributed by atoms with E-state index in [1.54, 1.807) is 0 Å². The first kappa shape index (κ1) is 13.2. The van der Waals surface area contributed by atoms with E-state index in [1.807, 2.05) is 0 Å². The fourth-order valence-corrected chi connectivity index (χ4v) is 2.79. The summed E-state index contributed by atoms with van der Waals surface area (Å²) in [5.41, 5.74) is -0.936. The van der Waals surface area contributed by atoms with Crippen LogP contribution in [0.15, 0.2) is 0 Å². The fourth-order valence-electron chi connectivity index (χ4n) is 2.79. The van der Waals surface area contributed by atoms with Gasteiger partial charge in [0.05, 0.1) is 31.0 Å². The van der Waals surface area contributed by atoms with Crippen molar-refractivity contribution in [2.24, 2.45) is 0 Å². The second-order valence-electron chi connectivity index (χ2n) is 5.47. The van der Waals surface area contributed by atoms with E-state index in [2.05, 4.69) is 5.32 Å². The summed E-state index contributed by atoms with van der Waals surface area (Å²) in [6, 6.07) is 0.204. The Morgan fingerprint density at radius 1 is 1.18 bits per heavy atom. The van der Waals surface area contributed by atoms with Crippen molar-refractivity contribution in [1.29, 1.82) is 0 Å². The fraction of sp³-hybridized carbons (Fsp3) is 1.00. The summed E-state index contributed by atoms with van der Waals surface area (Å²) >= 11 is 0. The van der Waals surface area contributed by atoms with Gasteiger partial charge in [-0.25, -0.2) is 0 Å². The van der Waals surface area contributed by atoms with Crippen molar-refractivity contribution in [3.8, 4) is 0 Å². The first-order chi connectivity index (χ1) is 8.17. The normalized spacial score (nSPS) is 28.1. The number of aliphatic hydroxyl groups excluding tert-OH is 3. The van der Waals surface area contributed by atoms with Crippen LogP contribution in [0.1, 0.15) is 32.1 Å². The van der Waals surface area contributed by atoms with Crippen LogP contribution in [0.25, 0.3) is 0 Å². The minimum Gasteiger partial charge on any atom is -0.394 e. The van der Waals surface area contributed by atoms with Crippen LogP contribution in [-0.2, 0) is 4.74 Å². The lowest BCUT2D eigenvalue weighted by Crippen LogP contribution is -2.61. The minimum absolute atomic E-state index is 0.0298. The van der Waals surface area contributed by atoms with Crippen molar-refractivity contribution in [1.82, 2.24) is 5.32 Å². The monoisotopic (exact) mass is 245 g/mol. The smallest absolute Gasteiger partial charge is 0.0883 e.